The number of carbonyl (C=O) groups is 1. The summed E-state index contributed by atoms with van der Waals surface area (Å²) < 4.78 is 0. The third-order valence-electron chi connectivity index (χ3n) is 2.14. The Bertz CT molecular complexity index is 270. The number of carboxylic acids is 1. The summed E-state index contributed by atoms with van der Waals surface area (Å²) in [5, 5.41) is 26.2. The molecule has 1 unspecified atom stereocenters. The molecule has 0 aliphatic heterocycles. The van der Waals surface area contributed by atoms with E-state index in [1.54, 1.807) is 0 Å². The van der Waals surface area contributed by atoms with Crippen LogP contribution >= 0.6 is 0 Å². The minimum atomic E-state index is -1.00. The fourth-order valence-corrected chi connectivity index (χ4v) is 1.43. The standard InChI is InChI=1S/C9H13NO4/c11-9(12)5-4-7-2-1-3-8(6-7)10(13)14/h2,4-5,8,13-14H,1,3,6H2,(H,11,12)/b5-4+. The van der Waals surface area contributed by atoms with Gasteiger partial charge in [0.05, 0.1) is 6.04 Å². The van der Waals surface area contributed by atoms with Crippen LogP contribution in [0.5, 0.6) is 0 Å². The molecule has 0 amide bonds. The van der Waals surface area contributed by atoms with Gasteiger partial charge in [0.25, 0.3) is 0 Å². The van der Waals surface area contributed by atoms with Gasteiger partial charge in [-0.15, -0.1) is 0 Å². The Labute approximate surface area is 81.5 Å². The predicted octanol–water partition coefficient (Wildman–Crippen LogP) is 1.19. The molecule has 1 aliphatic carbocycles. The SMILES string of the molecule is O=C(O)/C=C/C1=CCCC(N(O)O)C1. The highest BCUT2D eigenvalue weighted by Gasteiger charge is 2.18. The van der Waals surface area contributed by atoms with Gasteiger partial charge in [0.15, 0.2) is 0 Å². The summed E-state index contributed by atoms with van der Waals surface area (Å²) in [6.07, 6.45) is 6.28. The van der Waals surface area contributed by atoms with E-state index >= 15 is 0 Å². The summed E-state index contributed by atoms with van der Waals surface area (Å²) >= 11 is 0. The van der Waals surface area contributed by atoms with Crippen molar-refractivity contribution < 1.29 is 20.3 Å². The van der Waals surface area contributed by atoms with E-state index in [0.717, 1.165) is 18.1 Å². The maximum atomic E-state index is 10.2. The second-order valence-corrected chi connectivity index (χ2v) is 3.21. The smallest absolute Gasteiger partial charge is 0.328 e. The zero-order valence-electron chi connectivity index (χ0n) is 7.63. The number of allylic oxidation sites excluding steroid dienone is 2. The van der Waals surface area contributed by atoms with Gasteiger partial charge < -0.3 is 5.11 Å². The van der Waals surface area contributed by atoms with Crippen LogP contribution in [-0.4, -0.2) is 32.8 Å². The summed E-state index contributed by atoms with van der Waals surface area (Å²) in [4.78, 5) is 10.2. The van der Waals surface area contributed by atoms with Gasteiger partial charge in [-0.3, -0.25) is 10.4 Å². The monoisotopic (exact) mass is 199 g/mol. The number of carboxylic acid groups (broad SMARTS) is 1. The summed E-state index contributed by atoms with van der Waals surface area (Å²) in [7, 11) is 0. The molecule has 0 saturated heterocycles. The zero-order valence-corrected chi connectivity index (χ0v) is 7.63. The van der Waals surface area contributed by atoms with Crippen molar-refractivity contribution >= 4 is 5.97 Å². The molecule has 78 valence electrons. The molecule has 3 N–H and O–H groups in total. The number of hydroxylamine groups is 2. The minimum Gasteiger partial charge on any atom is -0.478 e. The Balaban J connectivity index is 2.55. The first-order chi connectivity index (χ1) is 6.59. The van der Waals surface area contributed by atoms with Crippen LogP contribution in [0.3, 0.4) is 0 Å². The van der Waals surface area contributed by atoms with Gasteiger partial charge in [0, 0.05) is 6.08 Å². The summed E-state index contributed by atoms with van der Waals surface area (Å²) in [6, 6.07) is -0.339. The first kappa shape index (κ1) is 10.9. The maximum absolute atomic E-state index is 10.2. The average Bonchev–Trinajstić information content (AvgIpc) is 2.15. The van der Waals surface area contributed by atoms with E-state index < -0.39 is 5.97 Å². The summed E-state index contributed by atoms with van der Waals surface area (Å²) in [5.41, 5.74) is 0.816. The van der Waals surface area contributed by atoms with Crippen molar-refractivity contribution in [2.45, 2.75) is 25.3 Å². The van der Waals surface area contributed by atoms with Crippen molar-refractivity contribution in [1.82, 2.24) is 5.23 Å². The van der Waals surface area contributed by atoms with E-state index in [1.165, 1.54) is 6.08 Å². The van der Waals surface area contributed by atoms with Gasteiger partial charge in [-0.05, 0) is 19.3 Å². The van der Waals surface area contributed by atoms with Crippen molar-refractivity contribution in [1.29, 1.82) is 0 Å². The fourth-order valence-electron chi connectivity index (χ4n) is 1.43. The largest absolute Gasteiger partial charge is 0.478 e. The molecule has 5 nitrogen and oxygen atoms in total. The van der Waals surface area contributed by atoms with Crippen LogP contribution in [0.25, 0.3) is 0 Å². The molecular formula is C9H13NO4. The molecule has 1 aliphatic rings. The Morgan fingerprint density at radius 3 is 2.86 bits per heavy atom. The van der Waals surface area contributed by atoms with Gasteiger partial charge in [0.2, 0.25) is 0 Å². The Kier molecular flexibility index (Phi) is 3.82. The topological polar surface area (TPSA) is 81.0 Å². The predicted molar refractivity (Wildman–Crippen MR) is 47.9 cm³/mol. The lowest BCUT2D eigenvalue weighted by Crippen LogP contribution is -2.30. The summed E-state index contributed by atoms with van der Waals surface area (Å²) in [6.45, 7) is 0. The first-order valence-electron chi connectivity index (χ1n) is 4.36. The third kappa shape index (κ3) is 3.29. The van der Waals surface area contributed by atoms with E-state index in [-0.39, 0.29) is 11.3 Å². The molecule has 0 bridgehead atoms. The van der Waals surface area contributed by atoms with Crippen molar-refractivity contribution in [3.05, 3.63) is 23.8 Å². The molecule has 0 saturated carbocycles. The van der Waals surface area contributed by atoms with Crippen molar-refractivity contribution in [2.75, 3.05) is 0 Å². The quantitative estimate of drug-likeness (QED) is 0.470. The van der Waals surface area contributed by atoms with Gasteiger partial charge in [-0.25, -0.2) is 4.79 Å². The molecule has 0 radical (unpaired) electrons. The number of nitrogens with zero attached hydrogens (tertiary/aromatic N) is 1. The van der Waals surface area contributed by atoms with Crippen LogP contribution in [-0.2, 0) is 4.79 Å². The molecule has 1 atom stereocenters. The molecule has 5 heteroatoms. The van der Waals surface area contributed by atoms with Crippen molar-refractivity contribution in [3.63, 3.8) is 0 Å². The number of rotatable bonds is 3. The molecule has 14 heavy (non-hydrogen) atoms. The highest BCUT2D eigenvalue weighted by Crippen LogP contribution is 2.21. The van der Waals surface area contributed by atoms with Crippen molar-refractivity contribution in [3.8, 4) is 0 Å². The minimum absolute atomic E-state index is 0.196. The Hall–Kier alpha value is -1.17. The highest BCUT2D eigenvalue weighted by molar-refractivity contribution is 5.80. The second kappa shape index (κ2) is 4.90. The van der Waals surface area contributed by atoms with Crippen LogP contribution in [0.2, 0.25) is 0 Å². The van der Waals surface area contributed by atoms with E-state index in [1.807, 2.05) is 6.08 Å². The van der Waals surface area contributed by atoms with E-state index in [2.05, 4.69) is 0 Å². The number of hydrogen-bond donors (Lipinski definition) is 3. The van der Waals surface area contributed by atoms with Gasteiger partial charge in [-0.2, -0.15) is 0 Å². The molecular weight excluding hydrogens is 186 g/mol. The summed E-state index contributed by atoms with van der Waals surface area (Å²) in [5.74, 6) is -1.00. The van der Waals surface area contributed by atoms with Gasteiger partial charge in [0.1, 0.15) is 0 Å². The van der Waals surface area contributed by atoms with Crippen LogP contribution in [0.4, 0.5) is 0 Å². The first-order valence-corrected chi connectivity index (χ1v) is 4.36. The van der Waals surface area contributed by atoms with Crippen molar-refractivity contribution in [2.24, 2.45) is 0 Å². The molecule has 0 aromatic heterocycles. The molecule has 1 rings (SSSR count). The molecule has 0 spiro atoms. The fraction of sp³-hybridized carbons (Fsp3) is 0.444. The number of hydrogen-bond acceptors (Lipinski definition) is 4. The lowest BCUT2D eigenvalue weighted by molar-refractivity contribution is -0.332. The average molecular weight is 199 g/mol. The van der Waals surface area contributed by atoms with Gasteiger partial charge >= 0.3 is 5.97 Å². The second-order valence-electron chi connectivity index (χ2n) is 3.21. The Morgan fingerprint density at radius 1 is 1.57 bits per heavy atom. The van der Waals surface area contributed by atoms with E-state index in [9.17, 15) is 4.79 Å². The molecule has 0 heterocycles. The molecule has 0 fully saturated rings. The lowest BCUT2D eigenvalue weighted by atomic mass is 9.95. The van der Waals surface area contributed by atoms with Crippen LogP contribution < -0.4 is 0 Å². The van der Waals surface area contributed by atoms with Gasteiger partial charge in [-0.1, -0.05) is 23.0 Å². The molecule has 0 aromatic rings. The van der Waals surface area contributed by atoms with Crippen LogP contribution in [0.15, 0.2) is 23.8 Å². The Morgan fingerprint density at radius 2 is 2.29 bits per heavy atom. The van der Waals surface area contributed by atoms with Crippen LogP contribution in [0, 0.1) is 0 Å². The van der Waals surface area contributed by atoms with Crippen LogP contribution in [0.1, 0.15) is 19.3 Å². The maximum Gasteiger partial charge on any atom is 0.328 e. The lowest BCUT2D eigenvalue weighted by Gasteiger charge is -2.23. The normalized spacial score (nSPS) is 22.8. The van der Waals surface area contributed by atoms with E-state index in [4.69, 9.17) is 15.5 Å². The number of aliphatic carboxylic acids is 1. The highest BCUT2D eigenvalue weighted by atomic mass is 16.8. The van der Waals surface area contributed by atoms with E-state index in [0.29, 0.717) is 12.8 Å². The third-order valence-corrected chi connectivity index (χ3v) is 2.14. The zero-order chi connectivity index (χ0) is 10.6. The molecule has 0 aromatic carbocycles.